The molecule has 0 radical (unpaired) electrons. The standard InChI is InChI=1S/C18H17ClN4O4/c19-13-1-3-15-12(9-13)10-16(27-15)18(24)22-7-5-21(6-8-22)17-4-2-14(11-20-17)23(25)26/h1-4,9,11,16H,5-8,10H2. The Labute approximate surface area is 160 Å². The molecule has 1 aromatic carbocycles. The SMILES string of the molecule is O=C(C1Cc2cc(Cl)ccc2O1)N1CCN(c2ccc([N+](=O)[O-])cn2)CC1. The van der Waals surface area contributed by atoms with Crippen LogP contribution in [0.1, 0.15) is 5.56 Å². The van der Waals surface area contributed by atoms with E-state index in [2.05, 4.69) is 4.98 Å². The monoisotopic (exact) mass is 388 g/mol. The van der Waals surface area contributed by atoms with Gasteiger partial charge in [0.2, 0.25) is 0 Å². The first-order valence-electron chi connectivity index (χ1n) is 8.60. The number of benzene rings is 1. The molecule has 140 valence electrons. The maximum absolute atomic E-state index is 12.8. The summed E-state index contributed by atoms with van der Waals surface area (Å²) in [6.45, 7) is 2.33. The number of rotatable bonds is 3. The van der Waals surface area contributed by atoms with Crippen molar-refractivity contribution in [3.8, 4) is 5.75 Å². The zero-order chi connectivity index (χ0) is 19.0. The molecule has 4 rings (SSSR count). The summed E-state index contributed by atoms with van der Waals surface area (Å²) in [6, 6.07) is 8.46. The third-order valence-electron chi connectivity index (χ3n) is 4.83. The van der Waals surface area contributed by atoms with Crippen molar-refractivity contribution < 1.29 is 14.5 Å². The number of hydrogen-bond donors (Lipinski definition) is 0. The van der Waals surface area contributed by atoms with E-state index in [1.807, 2.05) is 11.0 Å². The molecule has 1 aromatic heterocycles. The normalized spacial score (nSPS) is 18.8. The number of nitro groups is 1. The van der Waals surface area contributed by atoms with Gasteiger partial charge in [0, 0.05) is 43.7 Å². The van der Waals surface area contributed by atoms with Crippen molar-refractivity contribution in [2.45, 2.75) is 12.5 Å². The molecule has 0 saturated carbocycles. The first kappa shape index (κ1) is 17.5. The van der Waals surface area contributed by atoms with Gasteiger partial charge in [-0.2, -0.15) is 0 Å². The topological polar surface area (TPSA) is 88.8 Å². The average molecular weight is 389 g/mol. The molecule has 0 bridgehead atoms. The van der Waals surface area contributed by atoms with Crippen LogP contribution < -0.4 is 9.64 Å². The van der Waals surface area contributed by atoms with Gasteiger partial charge in [-0.25, -0.2) is 4.98 Å². The number of nitrogens with zero attached hydrogens (tertiary/aromatic N) is 4. The Morgan fingerprint density at radius 1 is 1.22 bits per heavy atom. The fourth-order valence-electron chi connectivity index (χ4n) is 3.39. The predicted octanol–water partition coefficient (Wildman–Crippen LogP) is 2.30. The zero-order valence-electron chi connectivity index (χ0n) is 14.4. The van der Waals surface area contributed by atoms with Gasteiger partial charge in [0.1, 0.15) is 17.8 Å². The van der Waals surface area contributed by atoms with E-state index in [0.717, 1.165) is 5.56 Å². The van der Waals surface area contributed by atoms with E-state index < -0.39 is 11.0 Å². The Morgan fingerprint density at radius 2 is 2.00 bits per heavy atom. The van der Waals surface area contributed by atoms with Gasteiger partial charge in [-0.15, -0.1) is 0 Å². The number of pyridine rings is 1. The minimum absolute atomic E-state index is 0.0290. The molecular formula is C18H17ClN4O4. The van der Waals surface area contributed by atoms with E-state index >= 15 is 0 Å². The first-order valence-corrected chi connectivity index (χ1v) is 8.98. The van der Waals surface area contributed by atoms with Crippen LogP contribution in [-0.4, -0.2) is 53.0 Å². The molecule has 2 aliphatic heterocycles. The van der Waals surface area contributed by atoms with Crippen molar-refractivity contribution in [2.24, 2.45) is 0 Å². The lowest BCUT2D eigenvalue weighted by molar-refractivity contribution is -0.385. The van der Waals surface area contributed by atoms with E-state index in [4.69, 9.17) is 16.3 Å². The molecule has 0 aliphatic carbocycles. The molecule has 2 aliphatic rings. The maximum Gasteiger partial charge on any atom is 0.287 e. The second-order valence-corrected chi connectivity index (χ2v) is 6.94. The largest absolute Gasteiger partial charge is 0.480 e. The third-order valence-corrected chi connectivity index (χ3v) is 5.07. The van der Waals surface area contributed by atoms with Gasteiger partial charge in [-0.05, 0) is 29.8 Å². The molecular weight excluding hydrogens is 372 g/mol. The number of halogens is 1. The number of piperazine rings is 1. The van der Waals surface area contributed by atoms with E-state index in [1.54, 1.807) is 23.1 Å². The van der Waals surface area contributed by atoms with E-state index in [-0.39, 0.29) is 11.6 Å². The molecule has 1 unspecified atom stereocenters. The van der Waals surface area contributed by atoms with Gasteiger partial charge < -0.3 is 14.5 Å². The van der Waals surface area contributed by atoms with Crippen LogP contribution in [0.4, 0.5) is 11.5 Å². The average Bonchev–Trinajstić information content (AvgIpc) is 3.11. The summed E-state index contributed by atoms with van der Waals surface area (Å²) >= 11 is 6.00. The fraction of sp³-hybridized carbons (Fsp3) is 0.333. The van der Waals surface area contributed by atoms with E-state index in [0.29, 0.717) is 49.2 Å². The summed E-state index contributed by atoms with van der Waals surface area (Å²) in [5, 5.41) is 11.4. The lowest BCUT2D eigenvalue weighted by Crippen LogP contribution is -2.52. The van der Waals surface area contributed by atoms with Crippen molar-refractivity contribution in [3.05, 3.63) is 57.2 Å². The Bertz CT molecular complexity index is 881. The fourth-order valence-corrected chi connectivity index (χ4v) is 3.58. The predicted molar refractivity (Wildman–Crippen MR) is 99.3 cm³/mol. The molecule has 1 atom stereocenters. The van der Waals surface area contributed by atoms with Crippen molar-refractivity contribution >= 4 is 29.0 Å². The minimum Gasteiger partial charge on any atom is -0.480 e. The highest BCUT2D eigenvalue weighted by Crippen LogP contribution is 2.32. The number of hydrogen-bond acceptors (Lipinski definition) is 6. The number of amides is 1. The molecule has 27 heavy (non-hydrogen) atoms. The number of anilines is 1. The van der Waals surface area contributed by atoms with Gasteiger partial charge in [0.15, 0.2) is 6.10 Å². The molecule has 0 N–H and O–H groups in total. The molecule has 3 heterocycles. The second-order valence-electron chi connectivity index (χ2n) is 6.51. The summed E-state index contributed by atoms with van der Waals surface area (Å²) < 4.78 is 5.78. The number of fused-ring (bicyclic) bond motifs is 1. The summed E-state index contributed by atoms with van der Waals surface area (Å²) in [5.41, 5.74) is 0.917. The van der Waals surface area contributed by atoms with Crippen LogP contribution >= 0.6 is 11.6 Å². The van der Waals surface area contributed by atoms with Crippen LogP contribution in [0.2, 0.25) is 5.02 Å². The van der Waals surface area contributed by atoms with Crippen LogP contribution in [0.25, 0.3) is 0 Å². The molecule has 9 heteroatoms. The lowest BCUT2D eigenvalue weighted by Gasteiger charge is -2.36. The molecule has 0 spiro atoms. The van der Waals surface area contributed by atoms with Gasteiger partial charge in [0.05, 0.1) is 4.92 Å². The quantitative estimate of drug-likeness (QED) is 0.592. The Balaban J connectivity index is 1.35. The van der Waals surface area contributed by atoms with Crippen molar-refractivity contribution in [2.75, 3.05) is 31.1 Å². The third kappa shape index (κ3) is 3.52. The lowest BCUT2D eigenvalue weighted by atomic mass is 10.1. The number of aromatic nitrogens is 1. The highest BCUT2D eigenvalue weighted by molar-refractivity contribution is 6.30. The molecule has 1 amide bonds. The Morgan fingerprint density at radius 3 is 2.67 bits per heavy atom. The summed E-state index contributed by atoms with van der Waals surface area (Å²) in [4.78, 5) is 31.0. The van der Waals surface area contributed by atoms with Crippen molar-refractivity contribution in [1.29, 1.82) is 0 Å². The van der Waals surface area contributed by atoms with E-state index in [1.165, 1.54) is 12.3 Å². The maximum atomic E-state index is 12.8. The van der Waals surface area contributed by atoms with Crippen LogP contribution in [0, 0.1) is 10.1 Å². The zero-order valence-corrected chi connectivity index (χ0v) is 15.1. The molecule has 8 nitrogen and oxygen atoms in total. The molecule has 1 saturated heterocycles. The highest BCUT2D eigenvalue weighted by Gasteiger charge is 2.34. The second kappa shape index (κ2) is 7.03. The van der Waals surface area contributed by atoms with E-state index in [9.17, 15) is 14.9 Å². The number of carbonyl (C=O) groups excluding carboxylic acids is 1. The van der Waals surface area contributed by atoms with Crippen molar-refractivity contribution in [3.63, 3.8) is 0 Å². The summed E-state index contributed by atoms with van der Waals surface area (Å²) in [5.74, 6) is 1.36. The molecule has 1 fully saturated rings. The number of ether oxygens (including phenoxy) is 1. The Kier molecular flexibility index (Phi) is 4.57. The minimum atomic E-state index is -0.512. The number of carbonyl (C=O) groups is 1. The summed E-state index contributed by atoms with van der Waals surface area (Å²) in [7, 11) is 0. The smallest absolute Gasteiger partial charge is 0.287 e. The van der Waals surface area contributed by atoms with Gasteiger partial charge >= 0.3 is 0 Å². The van der Waals surface area contributed by atoms with Crippen LogP contribution in [0.3, 0.4) is 0 Å². The van der Waals surface area contributed by atoms with Gasteiger partial charge in [0.25, 0.3) is 11.6 Å². The van der Waals surface area contributed by atoms with Crippen LogP contribution in [0.15, 0.2) is 36.5 Å². The van der Waals surface area contributed by atoms with Crippen molar-refractivity contribution in [1.82, 2.24) is 9.88 Å². The first-order chi connectivity index (χ1) is 13.0. The van der Waals surface area contributed by atoms with Gasteiger partial charge in [-0.1, -0.05) is 11.6 Å². The summed E-state index contributed by atoms with van der Waals surface area (Å²) in [6.07, 6.45) is 1.27. The van der Waals surface area contributed by atoms with Crippen LogP contribution in [-0.2, 0) is 11.2 Å². The van der Waals surface area contributed by atoms with Crippen LogP contribution in [0.5, 0.6) is 5.75 Å². The molecule has 2 aromatic rings. The highest BCUT2D eigenvalue weighted by atomic mass is 35.5. The Hall–Kier alpha value is -2.87. The van der Waals surface area contributed by atoms with Gasteiger partial charge in [-0.3, -0.25) is 14.9 Å².